The molecule has 2 heterocycles. The summed E-state index contributed by atoms with van der Waals surface area (Å²) in [7, 11) is 0. The molecule has 2 aromatic rings. The molecule has 2 rings (SSSR count). The normalized spacial score (nSPS) is 12.3. The number of aryl methyl sites for hydroxylation is 1. The number of nitrogens with zero attached hydrogens (tertiary/aromatic N) is 4. The van der Waals surface area contributed by atoms with E-state index in [4.69, 9.17) is 0 Å². The second-order valence-corrected chi connectivity index (χ2v) is 6.66. The van der Waals surface area contributed by atoms with E-state index in [1.807, 2.05) is 26.1 Å². The van der Waals surface area contributed by atoms with Crippen LogP contribution in [0.4, 0.5) is 0 Å². The molecule has 0 aliphatic carbocycles. The summed E-state index contributed by atoms with van der Waals surface area (Å²) < 4.78 is 2.63. The molecule has 0 fully saturated rings. The minimum Gasteiger partial charge on any atom is -0.353 e. The zero-order valence-electron chi connectivity index (χ0n) is 11.4. The minimum absolute atomic E-state index is 0.00486. The summed E-state index contributed by atoms with van der Waals surface area (Å²) in [6, 6.07) is 1.59. The molecule has 0 aliphatic heterocycles. The van der Waals surface area contributed by atoms with Gasteiger partial charge in [-0.1, -0.05) is 30.0 Å². The molecule has 1 atom stereocenters. The van der Waals surface area contributed by atoms with Crippen molar-refractivity contribution in [1.29, 1.82) is 0 Å². The molecule has 0 saturated heterocycles. The Labute approximate surface area is 126 Å². The summed E-state index contributed by atoms with van der Waals surface area (Å²) in [6.45, 7) is 4.52. The average Bonchev–Trinajstić information content (AvgIpc) is 3.08. The Morgan fingerprint density at radius 3 is 3.00 bits per heavy atom. The van der Waals surface area contributed by atoms with E-state index in [2.05, 4.69) is 20.6 Å². The maximum atomic E-state index is 12.1. The van der Waals surface area contributed by atoms with Crippen molar-refractivity contribution in [2.75, 3.05) is 12.3 Å². The van der Waals surface area contributed by atoms with Crippen molar-refractivity contribution in [3.05, 3.63) is 23.5 Å². The highest BCUT2D eigenvalue weighted by Crippen LogP contribution is 2.21. The standard InChI is InChI=1S/C12H17N5OS2/c1-3-10(17-7-4-5-14-17)11(18)13-6-8-19-12-16-15-9(2)20-12/h4-5,7,10H,3,6,8H2,1-2H3,(H,13,18). The predicted octanol–water partition coefficient (Wildman–Crippen LogP) is 1.90. The third kappa shape index (κ3) is 4.04. The van der Waals surface area contributed by atoms with Gasteiger partial charge in [0.1, 0.15) is 11.0 Å². The van der Waals surface area contributed by atoms with Crippen molar-refractivity contribution in [3.63, 3.8) is 0 Å². The monoisotopic (exact) mass is 311 g/mol. The number of aromatic nitrogens is 4. The van der Waals surface area contributed by atoms with Crippen LogP contribution in [0.3, 0.4) is 0 Å². The lowest BCUT2D eigenvalue weighted by Crippen LogP contribution is -2.33. The first kappa shape index (κ1) is 15.0. The van der Waals surface area contributed by atoms with E-state index in [0.29, 0.717) is 6.54 Å². The first-order chi connectivity index (χ1) is 9.70. The van der Waals surface area contributed by atoms with E-state index in [1.54, 1.807) is 34.0 Å². The molecule has 6 nitrogen and oxygen atoms in total. The number of thioether (sulfide) groups is 1. The molecule has 0 radical (unpaired) electrons. The fourth-order valence-electron chi connectivity index (χ4n) is 1.72. The Balaban J connectivity index is 1.74. The summed E-state index contributed by atoms with van der Waals surface area (Å²) in [6.07, 6.45) is 4.21. The largest absolute Gasteiger partial charge is 0.353 e. The summed E-state index contributed by atoms with van der Waals surface area (Å²) in [5.74, 6) is 0.792. The Kier molecular flexibility index (Phi) is 5.54. The quantitative estimate of drug-likeness (QED) is 0.624. The second-order valence-electron chi connectivity index (χ2n) is 4.14. The highest BCUT2D eigenvalue weighted by Gasteiger charge is 2.17. The smallest absolute Gasteiger partial charge is 0.244 e. The fourth-order valence-corrected chi connectivity index (χ4v) is 3.47. The van der Waals surface area contributed by atoms with Gasteiger partial charge in [-0.25, -0.2) is 0 Å². The maximum absolute atomic E-state index is 12.1. The number of rotatable bonds is 7. The minimum atomic E-state index is -0.237. The van der Waals surface area contributed by atoms with Gasteiger partial charge in [0.15, 0.2) is 4.34 Å². The first-order valence-corrected chi connectivity index (χ1v) is 8.20. The Hall–Kier alpha value is -1.41. The van der Waals surface area contributed by atoms with Gasteiger partial charge in [0.2, 0.25) is 5.91 Å². The van der Waals surface area contributed by atoms with Gasteiger partial charge in [-0.2, -0.15) is 5.10 Å². The third-order valence-electron chi connectivity index (χ3n) is 2.67. The molecule has 0 saturated carbocycles. The summed E-state index contributed by atoms with van der Waals surface area (Å²) >= 11 is 3.18. The van der Waals surface area contributed by atoms with E-state index in [0.717, 1.165) is 21.5 Å². The lowest BCUT2D eigenvalue weighted by molar-refractivity contribution is -0.124. The van der Waals surface area contributed by atoms with Crippen LogP contribution in [-0.4, -0.2) is 38.2 Å². The van der Waals surface area contributed by atoms with Crippen LogP contribution >= 0.6 is 23.1 Å². The van der Waals surface area contributed by atoms with Crippen LogP contribution in [0, 0.1) is 6.92 Å². The molecular formula is C12H17N5OS2. The van der Waals surface area contributed by atoms with Gasteiger partial charge in [-0.05, 0) is 19.4 Å². The molecule has 0 aromatic carbocycles. The van der Waals surface area contributed by atoms with E-state index < -0.39 is 0 Å². The van der Waals surface area contributed by atoms with E-state index >= 15 is 0 Å². The SMILES string of the molecule is CCC(C(=O)NCCSc1nnc(C)s1)n1cccn1. The first-order valence-electron chi connectivity index (χ1n) is 6.40. The number of amides is 1. The lowest BCUT2D eigenvalue weighted by atomic mass is 10.2. The molecule has 2 aromatic heterocycles. The van der Waals surface area contributed by atoms with E-state index in [-0.39, 0.29) is 11.9 Å². The molecule has 0 spiro atoms. The average molecular weight is 311 g/mol. The Bertz CT molecular complexity index is 540. The van der Waals surface area contributed by atoms with Gasteiger partial charge in [0.05, 0.1) is 0 Å². The maximum Gasteiger partial charge on any atom is 0.244 e. The van der Waals surface area contributed by atoms with Gasteiger partial charge in [0.25, 0.3) is 0 Å². The van der Waals surface area contributed by atoms with Gasteiger partial charge < -0.3 is 5.32 Å². The molecule has 1 N–H and O–H groups in total. The number of hydrogen-bond donors (Lipinski definition) is 1. The van der Waals surface area contributed by atoms with E-state index in [1.165, 1.54) is 0 Å². The molecule has 1 amide bonds. The number of nitrogens with one attached hydrogen (secondary N) is 1. The predicted molar refractivity (Wildman–Crippen MR) is 79.9 cm³/mol. The van der Waals surface area contributed by atoms with Crippen LogP contribution in [0.5, 0.6) is 0 Å². The van der Waals surface area contributed by atoms with Crippen molar-refractivity contribution in [1.82, 2.24) is 25.3 Å². The molecule has 0 bridgehead atoms. The van der Waals surface area contributed by atoms with Gasteiger partial charge in [-0.15, -0.1) is 10.2 Å². The number of carbonyl (C=O) groups excluding carboxylic acids is 1. The number of hydrogen-bond acceptors (Lipinski definition) is 6. The second kappa shape index (κ2) is 7.39. The topological polar surface area (TPSA) is 72.7 Å². The highest BCUT2D eigenvalue weighted by molar-refractivity contribution is 8.01. The molecule has 108 valence electrons. The Morgan fingerprint density at radius 2 is 2.40 bits per heavy atom. The Morgan fingerprint density at radius 1 is 1.55 bits per heavy atom. The zero-order valence-corrected chi connectivity index (χ0v) is 13.1. The zero-order chi connectivity index (χ0) is 14.4. The van der Waals surface area contributed by atoms with Gasteiger partial charge in [0, 0.05) is 24.7 Å². The molecular weight excluding hydrogens is 294 g/mol. The van der Waals surface area contributed by atoms with Crippen LogP contribution in [0.15, 0.2) is 22.8 Å². The van der Waals surface area contributed by atoms with Crippen molar-refractivity contribution in [3.8, 4) is 0 Å². The molecule has 1 unspecified atom stereocenters. The van der Waals surface area contributed by atoms with Gasteiger partial charge in [-0.3, -0.25) is 9.48 Å². The third-order valence-corrected chi connectivity index (χ3v) is 4.64. The summed E-state index contributed by atoms with van der Waals surface area (Å²) in [5.41, 5.74) is 0. The van der Waals surface area contributed by atoms with Crippen molar-refractivity contribution in [2.24, 2.45) is 0 Å². The number of carbonyl (C=O) groups is 1. The fraction of sp³-hybridized carbons (Fsp3) is 0.500. The van der Waals surface area contributed by atoms with E-state index in [9.17, 15) is 4.79 Å². The molecule has 20 heavy (non-hydrogen) atoms. The molecule has 0 aliphatic rings. The summed E-state index contributed by atoms with van der Waals surface area (Å²) in [5, 5.41) is 16.0. The van der Waals surface area contributed by atoms with Gasteiger partial charge >= 0.3 is 0 Å². The van der Waals surface area contributed by atoms with Crippen LogP contribution in [0.25, 0.3) is 0 Å². The lowest BCUT2D eigenvalue weighted by Gasteiger charge is -2.15. The van der Waals surface area contributed by atoms with Crippen LogP contribution < -0.4 is 5.32 Å². The van der Waals surface area contributed by atoms with Crippen LogP contribution in [-0.2, 0) is 4.79 Å². The van der Waals surface area contributed by atoms with Crippen molar-refractivity contribution in [2.45, 2.75) is 30.6 Å². The van der Waals surface area contributed by atoms with Crippen molar-refractivity contribution >= 4 is 29.0 Å². The molecule has 8 heteroatoms. The summed E-state index contributed by atoms with van der Waals surface area (Å²) in [4.78, 5) is 12.1. The highest BCUT2D eigenvalue weighted by atomic mass is 32.2. The van der Waals surface area contributed by atoms with Crippen LogP contribution in [0.1, 0.15) is 24.4 Å². The van der Waals surface area contributed by atoms with Crippen LogP contribution in [0.2, 0.25) is 0 Å². The van der Waals surface area contributed by atoms with Crippen molar-refractivity contribution < 1.29 is 4.79 Å².